The van der Waals surface area contributed by atoms with Crippen molar-refractivity contribution in [1.82, 2.24) is 4.98 Å². The molecule has 0 unspecified atom stereocenters. The predicted molar refractivity (Wildman–Crippen MR) is 75.9 cm³/mol. The number of nitrogens with one attached hydrogen (secondary N) is 1. The molecule has 18 heavy (non-hydrogen) atoms. The first kappa shape index (κ1) is 13.1. The number of anilines is 1. The van der Waals surface area contributed by atoms with Crippen molar-refractivity contribution < 1.29 is 4.74 Å². The van der Waals surface area contributed by atoms with Gasteiger partial charge in [-0.2, -0.15) is 0 Å². The number of ether oxygens (including phenoxy) is 1. The van der Waals surface area contributed by atoms with Crippen LogP contribution in [-0.2, 0) is 17.9 Å². The Balaban J connectivity index is 1.99. The maximum atomic E-state index is 5.48. The standard InChI is InChI=1S/C14H18N2OS/c1-3-17-10-13-7-5-4-6-12(13)9-16-14-15-8-11(2)18-14/h4-8H,3,9-10H2,1-2H3,(H,15,16). The van der Waals surface area contributed by atoms with Crippen molar-refractivity contribution in [2.24, 2.45) is 0 Å². The van der Waals surface area contributed by atoms with Gasteiger partial charge in [0.2, 0.25) is 0 Å². The zero-order valence-corrected chi connectivity index (χ0v) is 11.6. The van der Waals surface area contributed by atoms with E-state index in [0.29, 0.717) is 6.61 Å². The third kappa shape index (κ3) is 3.55. The lowest BCUT2D eigenvalue weighted by Crippen LogP contribution is -2.04. The van der Waals surface area contributed by atoms with Gasteiger partial charge in [0.15, 0.2) is 5.13 Å². The minimum atomic E-state index is 0.672. The zero-order valence-electron chi connectivity index (χ0n) is 10.8. The molecule has 0 aliphatic rings. The summed E-state index contributed by atoms with van der Waals surface area (Å²) in [5.41, 5.74) is 2.50. The van der Waals surface area contributed by atoms with Crippen LogP contribution >= 0.6 is 11.3 Å². The Morgan fingerprint density at radius 1 is 1.28 bits per heavy atom. The van der Waals surface area contributed by atoms with E-state index in [1.807, 2.05) is 19.2 Å². The number of thiazole rings is 1. The molecule has 96 valence electrons. The largest absolute Gasteiger partial charge is 0.377 e. The maximum absolute atomic E-state index is 5.48. The summed E-state index contributed by atoms with van der Waals surface area (Å²) in [4.78, 5) is 5.52. The van der Waals surface area contributed by atoms with Gasteiger partial charge < -0.3 is 10.1 Å². The molecule has 2 rings (SSSR count). The fraction of sp³-hybridized carbons (Fsp3) is 0.357. The molecule has 0 saturated heterocycles. The van der Waals surface area contributed by atoms with Crippen molar-refractivity contribution in [2.45, 2.75) is 27.0 Å². The number of aryl methyl sites for hydroxylation is 1. The van der Waals surface area contributed by atoms with Crippen molar-refractivity contribution >= 4 is 16.5 Å². The zero-order chi connectivity index (χ0) is 12.8. The summed E-state index contributed by atoms with van der Waals surface area (Å²) < 4.78 is 5.48. The van der Waals surface area contributed by atoms with Crippen LogP contribution in [0.25, 0.3) is 0 Å². The van der Waals surface area contributed by atoms with Gasteiger partial charge in [0.25, 0.3) is 0 Å². The molecule has 0 aliphatic carbocycles. The lowest BCUT2D eigenvalue weighted by atomic mass is 10.1. The summed E-state index contributed by atoms with van der Waals surface area (Å²) >= 11 is 1.68. The highest BCUT2D eigenvalue weighted by Crippen LogP contribution is 2.18. The van der Waals surface area contributed by atoms with Crippen LogP contribution in [0.1, 0.15) is 22.9 Å². The van der Waals surface area contributed by atoms with Crippen LogP contribution in [-0.4, -0.2) is 11.6 Å². The molecule has 0 saturated carbocycles. The molecule has 0 bridgehead atoms. The Labute approximate surface area is 112 Å². The van der Waals surface area contributed by atoms with Crippen molar-refractivity contribution in [1.29, 1.82) is 0 Å². The van der Waals surface area contributed by atoms with Gasteiger partial charge in [-0.25, -0.2) is 4.98 Å². The molecule has 0 radical (unpaired) electrons. The summed E-state index contributed by atoms with van der Waals surface area (Å²) in [5.74, 6) is 0. The molecule has 1 heterocycles. The van der Waals surface area contributed by atoms with Gasteiger partial charge in [-0.15, -0.1) is 11.3 Å². The molecular weight excluding hydrogens is 244 g/mol. The smallest absolute Gasteiger partial charge is 0.183 e. The lowest BCUT2D eigenvalue weighted by Gasteiger charge is -2.09. The fourth-order valence-corrected chi connectivity index (χ4v) is 2.35. The molecule has 0 fully saturated rings. The second-order valence-corrected chi connectivity index (χ2v) is 5.27. The molecule has 0 spiro atoms. The van der Waals surface area contributed by atoms with Crippen LogP contribution in [0, 0.1) is 6.92 Å². The van der Waals surface area contributed by atoms with Gasteiger partial charge in [-0.3, -0.25) is 0 Å². The summed E-state index contributed by atoms with van der Waals surface area (Å²) in [6, 6.07) is 8.34. The predicted octanol–water partition coefficient (Wildman–Crippen LogP) is 3.60. The SMILES string of the molecule is CCOCc1ccccc1CNc1ncc(C)s1. The van der Waals surface area contributed by atoms with E-state index in [0.717, 1.165) is 18.3 Å². The molecule has 0 atom stereocenters. The van der Waals surface area contributed by atoms with Crippen molar-refractivity contribution in [2.75, 3.05) is 11.9 Å². The van der Waals surface area contributed by atoms with E-state index < -0.39 is 0 Å². The number of aromatic nitrogens is 1. The van der Waals surface area contributed by atoms with Crippen LogP contribution in [0.15, 0.2) is 30.5 Å². The molecule has 3 nitrogen and oxygen atoms in total. The first-order valence-corrected chi connectivity index (χ1v) is 6.92. The van der Waals surface area contributed by atoms with Gasteiger partial charge in [0.1, 0.15) is 0 Å². The van der Waals surface area contributed by atoms with E-state index in [1.54, 1.807) is 11.3 Å². The highest BCUT2D eigenvalue weighted by molar-refractivity contribution is 7.15. The van der Waals surface area contributed by atoms with Crippen molar-refractivity contribution in [3.05, 3.63) is 46.5 Å². The quantitative estimate of drug-likeness (QED) is 0.863. The highest BCUT2D eigenvalue weighted by atomic mass is 32.1. The number of rotatable bonds is 6. The van der Waals surface area contributed by atoms with Gasteiger partial charge >= 0.3 is 0 Å². The second-order valence-electron chi connectivity index (χ2n) is 4.04. The molecular formula is C14H18N2OS. The lowest BCUT2D eigenvalue weighted by molar-refractivity contribution is 0.133. The van der Waals surface area contributed by atoms with E-state index in [4.69, 9.17) is 4.74 Å². The normalized spacial score (nSPS) is 10.6. The van der Waals surface area contributed by atoms with Gasteiger partial charge in [0.05, 0.1) is 6.61 Å². The van der Waals surface area contributed by atoms with Crippen LogP contribution in [0.3, 0.4) is 0 Å². The maximum Gasteiger partial charge on any atom is 0.183 e. The average molecular weight is 262 g/mol. The van der Waals surface area contributed by atoms with Crippen LogP contribution in [0.4, 0.5) is 5.13 Å². The highest BCUT2D eigenvalue weighted by Gasteiger charge is 2.03. The van der Waals surface area contributed by atoms with E-state index in [1.165, 1.54) is 16.0 Å². The van der Waals surface area contributed by atoms with Crippen LogP contribution in [0.5, 0.6) is 0 Å². The molecule has 0 aliphatic heterocycles. The molecule has 0 amide bonds. The third-order valence-corrected chi connectivity index (χ3v) is 3.50. The molecule has 1 aromatic carbocycles. The second kappa shape index (κ2) is 6.52. The minimum Gasteiger partial charge on any atom is -0.377 e. The van der Waals surface area contributed by atoms with E-state index >= 15 is 0 Å². The summed E-state index contributed by atoms with van der Waals surface area (Å²) in [6.07, 6.45) is 1.89. The monoisotopic (exact) mass is 262 g/mol. The van der Waals surface area contributed by atoms with E-state index in [9.17, 15) is 0 Å². The number of nitrogens with zero attached hydrogens (tertiary/aromatic N) is 1. The Bertz CT molecular complexity index is 496. The van der Waals surface area contributed by atoms with Gasteiger partial charge in [0, 0.05) is 24.2 Å². The summed E-state index contributed by atoms with van der Waals surface area (Å²) in [7, 11) is 0. The Morgan fingerprint density at radius 2 is 2.06 bits per heavy atom. The summed E-state index contributed by atoms with van der Waals surface area (Å²) in [6.45, 7) is 6.28. The van der Waals surface area contributed by atoms with Crippen molar-refractivity contribution in [3.63, 3.8) is 0 Å². The number of hydrogen-bond donors (Lipinski definition) is 1. The van der Waals surface area contributed by atoms with Crippen LogP contribution in [0.2, 0.25) is 0 Å². The topological polar surface area (TPSA) is 34.1 Å². The van der Waals surface area contributed by atoms with E-state index in [-0.39, 0.29) is 0 Å². The first-order valence-electron chi connectivity index (χ1n) is 6.10. The van der Waals surface area contributed by atoms with Crippen LogP contribution < -0.4 is 5.32 Å². The molecule has 1 aromatic heterocycles. The minimum absolute atomic E-state index is 0.672. The summed E-state index contributed by atoms with van der Waals surface area (Å²) in [5, 5.41) is 4.32. The van der Waals surface area contributed by atoms with E-state index in [2.05, 4.69) is 35.4 Å². The average Bonchev–Trinajstić information content (AvgIpc) is 2.81. The number of benzene rings is 1. The number of hydrogen-bond acceptors (Lipinski definition) is 4. The Hall–Kier alpha value is -1.39. The molecule has 4 heteroatoms. The van der Waals surface area contributed by atoms with Gasteiger partial charge in [-0.1, -0.05) is 24.3 Å². The fourth-order valence-electron chi connectivity index (χ4n) is 1.69. The third-order valence-electron chi connectivity index (χ3n) is 2.63. The van der Waals surface area contributed by atoms with Gasteiger partial charge in [-0.05, 0) is 25.0 Å². The van der Waals surface area contributed by atoms with Crippen molar-refractivity contribution in [3.8, 4) is 0 Å². The molecule has 2 aromatic rings. The molecule has 1 N–H and O–H groups in total. The first-order chi connectivity index (χ1) is 8.79. The Kier molecular flexibility index (Phi) is 4.73. The Morgan fingerprint density at radius 3 is 2.72 bits per heavy atom.